The third kappa shape index (κ3) is 5.44. The standard InChI is InChI=1S/C21H41NO2Si/c1-10-14-21(22(6)7)17-19(23-11-2)16-18(21)13-12-15-24-25(8,9)20(3,4)5/h16-17H,10-15H2,1-9H3. The maximum absolute atomic E-state index is 6.37. The van der Waals surface area contributed by atoms with Gasteiger partial charge < -0.3 is 9.16 Å². The lowest BCUT2D eigenvalue weighted by molar-refractivity contribution is 0.213. The highest BCUT2D eigenvalue weighted by atomic mass is 28.4. The first-order chi connectivity index (χ1) is 11.5. The number of hydrogen-bond acceptors (Lipinski definition) is 3. The molecule has 146 valence electrons. The van der Waals surface area contributed by atoms with E-state index in [1.54, 1.807) is 0 Å². The Hall–Kier alpha value is -0.583. The van der Waals surface area contributed by atoms with E-state index in [1.165, 1.54) is 5.57 Å². The Labute approximate surface area is 157 Å². The second-order valence-corrected chi connectivity index (χ2v) is 13.7. The Morgan fingerprint density at radius 2 is 1.80 bits per heavy atom. The van der Waals surface area contributed by atoms with Crippen molar-refractivity contribution in [3.8, 4) is 0 Å². The van der Waals surface area contributed by atoms with Gasteiger partial charge in [-0.1, -0.05) is 34.1 Å². The minimum atomic E-state index is -1.65. The zero-order valence-corrected chi connectivity index (χ0v) is 19.2. The molecular weight excluding hydrogens is 326 g/mol. The summed E-state index contributed by atoms with van der Waals surface area (Å²) in [6.45, 7) is 17.5. The molecule has 0 saturated heterocycles. The van der Waals surface area contributed by atoms with Crippen LogP contribution in [0.3, 0.4) is 0 Å². The van der Waals surface area contributed by atoms with Crippen LogP contribution in [0.5, 0.6) is 0 Å². The number of allylic oxidation sites excluding steroid dienone is 1. The monoisotopic (exact) mass is 367 g/mol. The molecule has 0 saturated carbocycles. The fourth-order valence-electron chi connectivity index (χ4n) is 3.27. The predicted octanol–water partition coefficient (Wildman–Crippen LogP) is 5.75. The van der Waals surface area contributed by atoms with Gasteiger partial charge in [0.1, 0.15) is 5.76 Å². The van der Waals surface area contributed by atoms with Crippen LogP contribution in [0.4, 0.5) is 0 Å². The summed E-state index contributed by atoms with van der Waals surface area (Å²) >= 11 is 0. The molecule has 0 aliphatic heterocycles. The van der Waals surface area contributed by atoms with Gasteiger partial charge in [-0.3, -0.25) is 4.90 Å². The first-order valence-corrected chi connectivity index (χ1v) is 12.8. The maximum Gasteiger partial charge on any atom is 0.191 e. The van der Waals surface area contributed by atoms with Crippen LogP contribution in [0.25, 0.3) is 0 Å². The normalized spacial score (nSPS) is 21.5. The summed E-state index contributed by atoms with van der Waals surface area (Å²) in [5, 5.41) is 0.277. The Kier molecular flexibility index (Phi) is 7.97. The molecule has 0 spiro atoms. The molecule has 0 bridgehead atoms. The van der Waals surface area contributed by atoms with E-state index in [1.807, 2.05) is 0 Å². The molecule has 1 aliphatic rings. The molecule has 0 aromatic carbocycles. The van der Waals surface area contributed by atoms with Gasteiger partial charge in [-0.05, 0) is 76.1 Å². The number of hydrogen-bond donors (Lipinski definition) is 0. The first-order valence-electron chi connectivity index (χ1n) is 9.88. The second-order valence-electron chi connectivity index (χ2n) is 8.93. The summed E-state index contributed by atoms with van der Waals surface area (Å²) in [5.41, 5.74) is 1.48. The summed E-state index contributed by atoms with van der Waals surface area (Å²) in [5.74, 6) is 1.03. The lowest BCUT2D eigenvalue weighted by Crippen LogP contribution is -2.43. The van der Waals surface area contributed by atoms with E-state index in [2.05, 4.69) is 78.9 Å². The molecule has 1 unspecified atom stereocenters. The van der Waals surface area contributed by atoms with E-state index in [4.69, 9.17) is 9.16 Å². The summed E-state index contributed by atoms with van der Waals surface area (Å²) in [4.78, 5) is 2.35. The van der Waals surface area contributed by atoms with E-state index in [-0.39, 0.29) is 10.6 Å². The topological polar surface area (TPSA) is 21.7 Å². The zero-order chi connectivity index (χ0) is 19.3. The third-order valence-electron chi connectivity index (χ3n) is 5.85. The van der Waals surface area contributed by atoms with Crippen molar-refractivity contribution in [2.75, 3.05) is 27.3 Å². The summed E-state index contributed by atoms with van der Waals surface area (Å²) in [6.07, 6.45) is 9.03. The van der Waals surface area contributed by atoms with Crippen LogP contribution in [0.2, 0.25) is 18.1 Å². The molecule has 25 heavy (non-hydrogen) atoms. The van der Waals surface area contributed by atoms with Crippen LogP contribution >= 0.6 is 0 Å². The van der Waals surface area contributed by atoms with Gasteiger partial charge in [-0.15, -0.1) is 0 Å². The molecule has 1 atom stereocenters. The maximum atomic E-state index is 6.37. The van der Waals surface area contributed by atoms with Crippen LogP contribution < -0.4 is 0 Å². The van der Waals surface area contributed by atoms with Gasteiger partial charge in [0.25, 0.3) is 0 Å². The van der Waals surface area contributed by atoms with Crippen molar-refractivity contribution in [2.45, 2.75) is 84.0 Å². The highest BCUT2D eigenvalue weighted by Crippen LogP contribution is 2.40. The van der Waals surface area contributed by atoms with Crippen LogP contribution in [0.15, 0.2) is 23.5 Å². The van der Waals surface area contributed by atoms with Gasteiger partial charge in [0.15, 0.2) is 8.32 Å². The molecule has 0 aromatic rings. The molecule has 4 heteroatoms. The molecule has 0 amide bonds. The Bertz CT molecular complexity index is 489. The smallest absolute Gasteiger partial charge is 0.191 e. The molecule has 3 nitrogen and oxygen atoms in total. The van der Waals surface area contributed by atoms with Crippen LogP contribution in [-0.4, -0.2) is 46.1 Å². The average Bonchev–Trinajstić information content (AvgIpc) is 2.82. The molecule has 1 aliphatic carbocycles. The predicted molar refractivity (Wildman–Crippen MR) is 112 cm³/mol. The van der Waals surface area contributed by atoms with Crippen molar-refractivity contribution in [2.24, 2.45) is 0 Å². The first kappa shape index (κ1) is 22.5. The molecule has 1 rings (SSSR count). The van der Waals surface area contributed by atoms with Crippen molar-refractivity contribution in [1.82, 2.24) is 4.90 Å². The van der Waals surface area contributed by atoms with E-state index in [0.717, 1.165) is 44.7 Å². The molecule has 0 heterocycles. The van der Waals surface area contributed by atoms with Crippen molar-refractivity contribution >= 4 is 8.32 Å². The van der Waals surface area contributed by atoms with Gasteiger partial charge in [-0.25, -0.2) is 0 Å². The number of ether oxygens (including phenoxy) is 1. The zero-order valence-electron chi connectivity index (χ0n) is 18.2. The minimum absolute atomic E-state index is 0.0101. The van der Waals surface area contributed by atoms with E-state index < -0.39 is 8.32 Å². The van der Waals surface area contributed by atoms with Crippen LogP contribution in [0.1, 0.15) is 60.3 Å². The molecular formula is C21H41NO2Si. The van der Waals surface area contributed by atoms with Crippen molar-refractivity contribution < 1.29 is 9.16 Å². The molecule has 0 aromatic heterocycles. The Morgan fingerprint density at radius 1 is 1.16 bits per heavy atom. The summed E-state index contributed by atoms with van der Waals surface area (Å²) in [6, 6.07) is 0. The largest absolute Gasteiger partial charge is 0.494 e. The van der Waals surface area contributed by atoms with Gasteiger partial charge in [-0.2, -0.15) is 0 Å². The molecule has 0 N–H and O–H groups in total. The Balaban J connectivity index is 2.76. The van der Waals surface area contributed by atoms with E-state index in [0.29, 0.717) is 0 Å². The fraction of sp³-hybridized carbons (Fsp3) is 0.810. The van der Waals surface area contributed by atoms with Crippen molar-refractivity contribution in [1.29, 1.82) is 0 Å². The van der Waals surface area contributed by atoms with Gasteiger partial charge in [0.2, 0.25) is 0 Å². The van der Waals surface area contributed by atoms with Crippen LogP contribution in [0, 0.1) is 0 Å². The van der Waals surface area contributed by atoms with Crippen LogP contribution in [-0.2, 0) is 9.16 Å². The van der Waals surface area contributed by atoms with Crippen molar-refractivity contribution in [3.05, 3.63) is 23.5 Å². The van der Waals surface area contributed by atoms with Gasteiger partial charge in [0, 0.05) is 6.61 Å². The van der Waals surface area contributed by atoms with Gasteiger partial charge >= 0.3 is 0 Å². The second kappa shape index (κ2) is 8.87. The number of rotatable bonds is 10. The third-order valence-corrected chi connectivity index (χ3v) is 10.4. The van der Waals surface area contributed by atoms with E-state index in [9.17, 15) is 0 Å². The quantitative estimate of drug-likeness (QED) is 0.362. The Morgan fingerprint density at radius 3 is 2.28 bits per heavy atom. The minimum Gasteiger partial charge on any atom is -0.494 e. The lowest BCUT2D eigenvalue weighted by Gasteiger charge is -2.38. The highest BCUT2D eigenvalue weighted by Gasteiger charge is 2.39. The average molecular weight is 368 g/mol. The molecule has 0 fully saturated rings. The summed E-state index contributed by atoms with van der Waals surface area (Å²) in [7, 11) is 2.71. The molecule has 0 radical (unpaired) electrons. The van der Waals surface area contributed by atoms with E-state index >= 15 is 0 Å². The fourth-order valence-corrected chi connectivity index (χ4v) is 4.35. The highest BCUT2D eigenvalue weighted by molar-refractivity contribution is 6.74. The summed E-state index contributed by atoms with van der Waals surface area (Å²) < 4.78 is 12.2. The SMILES string of the molecule is CCCC1(N(C)C)C=C(OCC)C=C1CCCO[Si](C)(C)C(C)(C)C. The van der Waals surface area contributed by atoms with Crippen molar-refractivity contribution in [3.63, 3.8) is 0 Å². The lowest BCUT2D eigenvalue weighted by atomic mass is 9.84. The van der Waals surface area contributed by atoms with Gasteiger partial charge in [0.05, 0.1) is 12.1 Å². The number of nitrogens with zero attached hydrogens (tertiary/aromatic N) is 1. The number of likely N-dealkylation sites (N-methyl/N-ethyl adjacent to an activating group) is 1.